The molecule has 0 atom stereocenters. The van der Waals surface area contributed by atoms with Crippen molar-refractivity contribution in [2.45, 2.75) is 13.3 Å². The summed E-state index contributed by atoms with van der Waals surface area (Å²) in [7, 11) is 0. The van der Waals surface area contributed by atoms with Crippen molar-refractivity contribution < 1.29 is 4.52 Å². The summed E-state index contributed by atoms with van der Waals surface area (Å²) in [6, 6.07) is 22.6. The number of rotatable bonds is 4. The molecule has 5 rings (SSSR count). The second kappa shape index (κ2) is 7.85. The van der Waals surface area contributed by atoms with Crippen LogP contribution in [-0.4, -0.2) is 14.7 Å². The van der Waals surface area contributed by atoms with Crippen LogP contribution in [0.1, 0.15) is 12.5 Å². The Kier molecular flexibility index (Phi) is 4.88. The molecule has 3 aromatic carbocycles. The smallest absolute Gasteiger partial charge is 0.262 e. The van der Waals surface area contributed by atoms with Gasteiger partial charge >= 0.3 is 0 Å². The lowest BCUT2D eigenvalue weighted by Crippen LogP contribution is -2.18. The van der Waals surface area contributed by atoms with E-state index in [4.69, 9.17) is 16.1 Å². The second-order valence-electron chi connectivity index (χ2n) is 7.21. The van der Waals surface area contributed by atoms with Crippen molar-refractivity contribution in [1.82, 2.24) is 14.7 Å². The van der Waals surface area contributed by atoms with E-state index < -0.39 is 0 Å². The number of aromatic nitrogens is 3. The number of nitrogens with zero attached hydrogens (tertiary/aromatic N) is 3. The van der Waals surface area contributed by atoms with E-state index in [1.165, 1.54) is 5.56 Å². The van der Waals surface area contributed by atoms with Gasteiger partial charge in [-0.1, -0.05) is 54.0 Å². The summed E-state index contributed by atoms with van der Waals surface area (Å²) in [5, 5.41) is 6.12. The van der Waals surface area contributed by atoms with E-state index in [2.05, 4.69) is 17.1 Å². The zero-order chi connectivity index (χ0) is 21.4. The average Bonchev–Trinajstić information content (AvgIpc) is 3.30. The van der Waals surface area contributed by atoms with Gasteiger partial charge in [0.2, 0.25) is 5.82 Å². The summed E-state index contributed by atoms with van der Waals surface area (Å²) in [6.07, 6.45) is 2.71. The molecule has 0 aliphatic carbocycles. The minimum Gasteiger partial charge on any atom is -0.334 e. The molecular formula is C25H18ClN3O2. The Hall–Kier alpha value is -3.70. The molecule has 0 aliphatic rings. The molecule has 5 nitrogen and oxygen atoms in total. The fraction of sp³-hybridized carbons (Fsp3) is 0.0800. The minimum absolute atomic E-state index is 0.0963. The number of pyridine rings is 1. The van der Waals surface area contributed by atoms with Crippen molar-refractivity contribution in [3.05, 3.63) is 99.9 Å². The molecule has 152 valence electrons. The van der Waals surface area contributed by atoms with Gasteiger partial charge in [0.15, 0.2) is 0 Å². The van der Waals surface area contributed by atoms with Crippen molar-refractivity contribution in [3.63, 3.8) is 0 Å². The maximum atomic E-state index is 13.2. The fourth-order valence-corrected chi connectivity index (χ4v) is 3.72. The Labute approximate surface area is 183 Å². The number of benzene rings is 3. The summed E-state index contributed by atoms with van der Waals surface area (Å²) in [5.41, 5.74) is 3.39. The third kappa shape index (κ3) is 3.53. The lowest BCUT2D eigenvalue weighted by Gasteiger charge is -2.11. The normalized spacial score (nSPS) is 11.2. The van der Waals surface area contributed by atoms with Crippen molar-refractivity contribution in [1.29, 1.82) is 0 Å². The molecule has 6 heteroatoms. The Bertz CT molecular complexity index is 1430. The van der Waals surface area contributed by atoms with Gasteiger partial charge in [-0.2, -0.15) is 4.98 Å². The predicted octanol–water partition coefficient (Wildman–Crippen LogP) is 5.92. The molecule has 0 unspecified atom stereocenters. The Balaban J connectivity index is 1.69. The molecule has 0 aliphatic heterocycles. The summed E-state index contributed by atoms with van der Waals surface area (Å²) >= 11 is 5.98. The van der Waals surface area contributed by atoms with Gasteiger partial charge in [0.1, 0.15) is 0 Å². The van der Waals surface area contributed by atoms with E-state index in [-0.39, 0.29) is 5.56 Å². The van der Waals surface area contributed by atoms with Crippen LogP contribution in [0.25, 0.3) is 39.3 Å². The summed E-state index contributed by atoms with van der Waals surface area (Å²) in [5.74, 6) is 0.806. The van der Waals surface area contributed by atoms with Crippen LogP contribution in [0.2, 0.25) is 5.02 Å². The SMILES string of the molecule is CCc1ccc(-n2cc(-c3nc(-c4ccc(Cl)cc4)no3)c3ccccc3c2=O)cc1. The van der Waals surface area contributed by atoms with Gasteiger partial charge in [-0.3, -0.25) is 9.36 Å². The molecule has 0 N–H and O–H groups in total. The van der Waals surface area contributed by atoms with Crippen LogP contribution in [0.3, 0.4) is 0 Å². The van der Waals surface area contributed by atoms with Gasteiger partial charge in [0.05, 0.1) is 5.56 Å². The Morgan fingerprint density at radius 1 is 0.935 bits per heavy atom. The van der Waals surface area contributed by atoms with Crippen molar-refractivity contribution in [3.8, 4) is 28.5 Å². The van der Waals surface area contributed by atoms with E-state index in [0.717, 1.165) is 23.1 Å². The average molecular weight is 428 g/mol. The Morgan fingerprint density at radius 2 is 1.65 bits per heavy atom. The van der Waals surface area contributed by atoms with E-state index in [9.17, 15) is 4.79 Å². The van der Waals surface area contributed by atoms with E-state index in [1.54, 1.807) is 22.9 Å². The first-order valence-electron chi connectivity index (χ1n) is 9.98. The van der Waals surface area contributed by atoms with Gasteiger partial charge in [-0.15, -0.1) is 0 Å². The van der Waals surface area contributed by atoms with Crippen LogP contribution < -0.4 is 5.56 Å². The third-order valence-corrected chi connectivity index (χ3v) is 5.56. The summed E-state index contributed by atoms with van der Waals surface area (Å²) in [6.45, 7) is 2.10. The first-order valence-corrected chi connectivity index (χ1v) is 10.4. The number of hydrogen-bond donors (Lipinski definition) is 0. The molecule has 0 fully saturated rings. The van der Waals surface area contributed by atoms with Crippen LogP contribution in [0.4, 0.5) is 0 Å². The maximum Gasteiger partial charge on any atom is 0.262 e. The third-order valence-electron chi connectivity index (χ3n) is 5.31. The van der Waals surface area contributed by atoms with Crippen molar-refractivity contribution in [2.75, 3.05) is 0 Å². The highest BCUT2D eigenvalue weighted by molar-refractivity contribution is 6.30. The highest BCUT2D eigenvalue weighted by Gasteiger charge is 2.17. The lowest BCUT2D eigenvalue weighted by molar-refractivity contribution is 0.432. The topological polar surface area (TPSA) is 60.9 Å². The molecule has 2 heterocycles. The monoisotopic (exact) mass is 427 g/mol. The summed E-state index contributed by atoms with van der Waals surface area (Å²) in [4.78, 5) is 17.8. The highest BCUT2D eigenvalue weighted by atomic mass is 35.5. The van der Waals surface area contributed by atoms with Crippen LogP contribution in [0, 0.1) is 0 Å². The molecule has 0 saturated heterocycles. The van der Waals surface area contributed by atoms with Gasteiger partial charge in [-0.25, -0.2) is 0 Å². The number of hydrogen-bond acceptors (Lipinski definition) is 4. The molecule has 0 spiro atoms. The molecular weight excluding hydrogens is 410 g/mol. The van der Waals surface area contributed by atoms with Gasteiger partial charge in [0, 0.05) is 33.2 Å². The molecule has 5 aromatic rings. The molecule has 31 heavy (non-hydrogen) atoms. The zero-order valence-electron chi connectivity index (χ0n) is 16.7. The van der Waals surface area contributed by atoms with E-state index >= 15 is 0 Å². The zero-order valence-corrected chi connectivity index (χ0v) is 17.5. The van der Waals surface area contributed by atoms with Crippen LogP contribution in [-0.2, 0) is 6.42 Å². The van der Waals surface area contributed by atoms with E-state index in [0.29, 0.717) is 27.7 Å². The van der Waals surface area contributed by atoms with Crippen LogP contribution in [0.15, 0.2) is 88.3 Å². The van der Waals surface area contributed by atoms with Crippen molar-refractivity contribution >= 4 is 22.4 Å². The van der Waals surface area contributed by atoms with Gasteiger partial charge < -0.3 is 4.52 Å². The number of halogens is 1. The number of aryl methyl sites for hydroxylation is 1. The molecule has 0 saturated carbocycles. The lowest BCUT2D eigenvalue weighted by atomic mass is 10.1. The predicted molar refractivity (Wildman–Crippen MR) is 123 cm³/mol. The maximum absolute atomic E-state index is 13.2. The number of fused-ring (bicyclic) bond motifs is 1. The first-order chi connectivity index (χ1) is 15.1. The van der Waals surface area contributed by atoms with Gasteiger partial charge in [0.25, 0.3) is 11.4 Å². The Morgan fingerprint density at radius 3 is 2.35 bits per heavy atom. The van der Waals surface area contributed by atoms with Crippen LogP contribution >= 0.6 is 11.6 Å². The molecule has 0 radical (unpaired) electrons. The molecule has 0 bridgehead atoms. The second-order valence-corrected chi connectivity index (χ2v) is 7.65. The standard InChI is InChI=1S/C25H18ClN3O2/c1-2-16-7-13-19(14-8-16)29-15-22(20-5-3-4-6-21(20)25(29)30)24-27-23(28-31-24)17-9-11-18(26)12-10-17/h3-15H,2H2,1H3. The summed E-state index contributed by atoms with van der Waals surface area (Å²) < 4.78 is 7.23. The first kappa shape index (κ1) is 19.3. The molecule has 2 aromatic heterocycles. The van der Waals surface area contributed by atoms with E-state index in [1.807, 2.05) is 60.7 Å². The minimum atomic E-state index is -0.0963. The molecule has 0 amide bonds. The quantitative estimate of drug-likeness (QED) is 0.357. The van der Waals surface area contributed by atoms with Gasteiger partial charge in [-0.05, 0) is 54.4 Å². The van der Waals surface area contributed by atoms with Crippen molar-refractivity contribution in [2.24, 2.45) is 0 Å². The highest BCUT2D eigenvalue weighted by Crippen LogP contribution is 2.29. The fourth-order valence-electron chi connectivity index (χ4n) is 3.60. The van der Waals surface area contributed by atoms with Crippen LogP contribution in [0.5, 0.6) is 0 Å². The largest absolute Gasteiger partial charge is 0.334 e.